The highest BCUT2D eigenvalue weighted by Crippen LogP contribution is 2.18. The van der Waals surface area contributed by atoms with E-state index in [1.165, 1.54) is 0 Å². The molecule has 1 atom stereocenters. The molecule has 1 saturated heterocycles. The number of nitrogens with one attached hydrogen (secondary N) is 2. The number of para-hydroxylation sites is 1. The lowest BCUT2D eigenvalue weighted by Gasteiger charge is -2.31. The number of ether oxygens (including phenoxy) is 1. The van der Waals surface area contributed by atoms with Crippen molar-refractivity contribution in [2.75, 3.05) is 45.9 Å². The summed E-state index contributed by atoms with van der Waals surface area (Å²) in [7, 11) is 0. The van der Waals surface area contributed by atoms with Crippen molar-refractivity contribution in [3.8, 4) is 0 Å². The van der Waals surface area contributed by atoms with Gasteiger partial charge in [0, 0.05) is 44.0 Å². The van der Waals surface area contributed by atoms with Crippen molar-refractivity contribution in [1.82, 2.24) is 15.5 Å². The van der Waals surface area contributed by atoms with Gasteiger partial charge in [0.2, 0.25) is 0 Å². The summed E-state index contributed by atoms with van der Waals surface area (Å²) in [6.07, 6.45) is 0.831. The fourth-order valence-electron chi connectivity index (χ4n) is 3.16. The number of aliphatic imine (C=N–C) groups is 1. The summed E-state index contributed by atoms with van der Waals surface area (Å²) in [5.74, 6) is 1.86. The van der Waals surface area contributed by atoms with E-state index in [0.29, 0.717) is 6.04 Å². The van der Waals surface area contributed by atoms with Gasteiger partial charge in [-0.1, -0.05) is 18.2 Å². The average Bonchev–Trinajstić information content (AvgIpc) is 3.09. The molecular weight excluding hydrogens is 455 g/mol. The lowest BCUT2D eigenvalue weighted by molar-refractivity contribution is 0.0220. The van der Waals surface area contributed by atoms with E-state index >= 15 is 0 Å². The van der Waals surface area contributed by atoms with Gasteiger partial charge in [0.05, 0.1) is 19.8 Å². The number of rotatable bonds is 7. The van der Waals surface area contributed by atoms with Gasteiger partial charge in [-0.3, -0.25) is 9.89 Å². The topological polar surface area (TPSA) is 62.0 Å². The summed E-state index contributed by atoms with van der Waals surface area (Å²) in [5, 5.41) is 7.88. The third-order valence-electron chi connectivity index (χ3n) is 4.67. The molecular formula is C20H31IN4O2. The van der Waals surface area contributed by atoms with Crippen LogP contribution in [0, 0.1) is 0 Å². The van der Waals surface area contributed by atoms with Crippen LogP contribution in [0.2, 0.25) is 0 Å². The van der Waals surface area contributed by atoms with Gasteiger partial charge in [-0.2, -0.15) is 0 Å². The highest BCUT2D eigenvalue weighted by Gasteiger charge is 2.16. The lowest BCUT2D eigenvalue weighted by Crippen LogP contribution is -2.44. The standard InChI is InChI=1S/C20H30N4O2.HI/c1-3-21-20(23-15-16(2)24-10-12-25-13-11-24)22-9-8-18-14-17-6-4-5-7-19(17)26-18;/h4-7,14,16H,3,8-13,15H2,1-2H3,(H2,21,22,23);1H. The zero-order valence-corrected chi connectivity index (χ0v) is 18.6. The molecule has 1 aliphatic heterocycles. The van der Waals surface area contributed by atoms with Crippen molar-refractivity contribution >= 4 is 40.9 Å². The Hall–Kier alpha value is -1.32. The van der Waals surface area contributed by atoms with E-state index in [2.05, 4.69) is 41.5 Å². The summed E-state index contributed by atoms with van der Waals surface area (Å²) < 4.78 is 11.3. The van der Waals surface area contributed by atoms with Crippen molar-refractivity contribution < 1.29 is 9.15 Å². The highest BCUT2D eigenvalue weighted by atomic mass is 127. The number of benzene rings is 1. The first-order valence-electron chi connectivity index (χ1n) is 9.57. The molecule has 0 radical (unpaired) electrons. The molecule has 0 spiro atoms. The molecule has 2 N–H and O–H groups in total. The van der Waals surface area contributed by atoms with Crippen molar-refractivity contribution in [2.45, 2.75) is 26.3 Å². The third kappa shape index (κ3) is 6.65. The molecule has 6 nitrogen and oxygen atoms in total. The molecule has 1 fully saturated rings. The second-order valence-corrected chi connectivity index (χ2v) is 6.64. The molecule has 0 amide bonds. The molecule has 1 aliphatic rings. The largest absolute Gasteiger partial charge is 0.461 e. The number of fused-ring (bicyclic) bond motifs is 1. The molecule has 27 heavy (non-hydrogen) atoms. The molecule has 1 unspecified atom stereocenters. The number of nitrogens with zero attached hydrogens (tertiary/aromatic N) is 2. The summed E-state index contributed by atoms with van der Waals surface area (Å²) in [4.78, 5) is 7.18. The third-order valence-corrected chi connectivity index (χ3v) is 4.67. The fourth-order valence-corrected chi connectivity index (χ4v) is 3.16. The van der Waals surface area contributed by atoms with Crippen molar-refractivity contribution in [3.05, 3.63) is 36.1 Å². The van der Waals surface area contributed by atoms with Gasteiger partial charge in [0.25, 0.3) is 0 Å². The van der Waals surface area contributed by atoms with Crippen LogP contribution < -0.4 is 10.6 Å². The fraction of sp³-hybridized carbons (Fsp3) is 0.550. The zero-order valence-electron chi connectivity index (χ0n) is 16.2. The summed E-state index contributed by atoms with van der Waals surface area (Å²) in [6.45, 7) is 10.4. The predicted molar refractivity (Wildman–Crippen MR) is 121 cm³/mol. The Morgan fingerprint density at radius 3 is 2.74 bits per heavy atom. The van der Waals surface area contributed by atoms with Gasteiger partial charge in [0.1, 0.15) is 11.3 Å². The van der Waals surface area contributed by atoms with Crippen LogP contribution in [0.3, 0.4) is 0 Å². The van der Waals surface area contributed by atoms with E-state index in [0.717, 1.165) is 75.0 Å². The normalized spacial score (nSPS) is 16.7. The van der Waals surface area contributed by atoms with Gasteiger partial charge >= 0.3 is 0 Å². The Morgan fingerprint density at radius 1 is 1.22 bits per heavy atom. The first-order valence-corrected chi connectivity index (χ1v) is 9.57. The molecule has 1 aromatic carbocycles. The molecule has 1 aromatic heterocycles. The zero-order chi connectivity index (χ0) is 18.2. The second kappa shape index (κ2) is 11.5. The Kier molecular flexibility index (Phi) is 9.36. The minimum atomic E-state index is 0. The molecule has 2 heterocycles. The number of morpholine rings is 1. The Bertz CT molecular complexity index is 680. The summed E-state index contributed by atoms with van der Waals surface area (Å²) >= 11 is 0. The van der Waals surface area contributed by atoms with Gasteiger partial charge in [-0.15, -0.1) is 24.0 Å². The summed E-state index contributed by atoms with van der Waals surface area (Å²) in [5.41, 5.74) is 0.947. The number of halogens is 1. The number of furan rings is 1. The van der Waals surface area contributed by atoms with Crippen LogP contribution in [-0.4, -0.2) is 62.8 Å². The van der Waals surface area contributed by atoms with Gasteiger partial charge in [-0.05, 0) is 26.0 Å². The monoisotopic (exact) mass is 486 g/mol. The number of hydrogen-bond acceptors (Lipinski definition) is 4. The number of guanidine groups is 1. The maximum Gasteiger partial charge on any atom is 0.191 e. The SMILES string of the molecule is CCNC(=NCC(C)N1CCOCC1)NCCc1cc2ccccc2o1.I. The quantitative estimate of drug-likeness (QED) is 0.358. The van der Waals surface area contributed by atoms with E-state index in [4.69, 9.17) is 14.1 Å². The molecule has 2 aromatic rings. The maximum atomic E-state index is 5.87. The van der Waals surface area contributed by atoms with E-state index in [-0.39, 0.29) is 24.0 Å². The van der Waals surface area contributed by atoms with Gasteiger partial charge in [-0.25, -0.2) is 0 Å². The molecule has 3 rings (SSSR count). The van der Waals surface area contributed by atoms with E-state index in [9.17, 15) is 0 Å². The van der Waals surface area contributed by atoms with Crippen molar-refractivity contribution in [3.63, 3.8) is 0 Å². The van der Waals surface area contributed by atoms with Crippen LogP contribution in [0.1, 0.15) is 19.6 Å². The second-order valence-electron chi connectivity index (χ2n) is 6.64. The van der Waals surface area contributed by atoms with Crippen LogP contribution in [0.4, 0.5) is 0 Å². The molecule has 0 aliphatic carbocycles. The van der Waals surface area contributed by atoms with Crippen LogP contribution in [-0.2, 0) is 11.2 Å². The van der Waals surface area contributed by atoms with Crippen LogP contribution in [0.15, 0.2) is 39.7 Å². The first kappa shape index (κ1) is 22.0. The minimum Gasteiger partial charge on any atom is -0.461 e. The first-order chi connectivity index (χ1) is 12.8. The van der Waals surface area contributed by atoms with Crippen LogP contribution >= 0.6 is 24.0 Å². The molecule has 7 heteroatoms. The van der Waals surface area contributed by atoms with E-state index in [1.54, 1.807) is 0 Å². The van der Waals surface area contributed by atoms with E-state index in [1.807, 2.05) is 18.2 Å². The smallest absolute Gasteiger partial charge is 0.191 e. The number of hydrogen-bond donors (Lipinski definition) is 2. The minimum absolute atomic E-state index is 0. The van der Waals surface area contributed by atoms with Crippen molar-refractivity contribution in [2.24, 2.45) is 4.99 Å². The average molecular weight is 486 g/mol. The highest BCUT2D eigenvalue weighted by molar-refractivity contribution is 14.0. The molecule has 0 saturated carbocycles. The Morgan fingerprint density at radius 2 is 2.00 bits per heavy atom. The predicted octanol–water partition coefficient (Wildman–Crippen LogP) is 2.87. The summed E-state index contributed by atoms with van der Waals surface area (Å²) in [6, 6.07) is 10.6. The van der Waals surface area contributed by atoms with Gasteiger partial charge < -0.3 is 19.8 Å². The maximum absolute atomic E-state index is 5.87. The molecule has 150 valence electrons. The Labute approximate surface area is 178 Å². The van der Waals surface area contributed by atoms with Crippen LogP contribution in [0.5, 0.6) is 0 Å². The van der Waals surface area contributed by atoms with Crippen molar-refractivity contribution in [1.29, 1.82) is 0 Å². The van der Waals surface area contributed by atoms with Crippen LogP contribution in [0.25, 0.3) is 11.0 Å². The Balaban J connectivity index is 0.00000261. The van der Waals surface area contributed by atoms with E-state index < -0.39 is 0 Å². The lowest BCUT2D eigenvalue weighted by atomic mass is 10.2. The molecule has 0 bridgehead atoms. The van der Waals surface area contributed by atoms with Gasteiger partial charge in [0.15, 0.2) is 5.96 Å².